The maximum Gasteiger partial charge on any atom is 0.203 e. The molecule has 1 aliphatic heterocycles. The molecule has 6 heteroatoms. The fourth-order valence-electron chi connectivity index (χ4n) is 5.48. The Morgan fingerprint density at radius 2 is 1.74 bits per heavy atom. The van der Waals surface area contributed by atoms with Crippen LogP contribution in [0.15, 0.2) is 36.4 Å². The predicted octanol–water partition coefficient (Wildman–Crippen LogP) is 4.72. The molecule has 2 aliphatic rings. The van der Waals surface area contributed by atoms with Gasteiger partial charge < -0.3 is 19.3 Å². The lowest BCUT2D eigenvalue weighted by Crippen LogP contribution is -2.54. The van der Waals surface area contributed by atoms with Crippen LogP contribution in [0.25, 0.3) is 0 Å². The zero-order valence-electron chi connectivity index (χ0n) is 18.6. The zero-order valence-corrected chi connectivity index (χ0v) is 18.6. The molecular formula is C25H32FNO4. The van der Waals surface area contributed by atoms with Crippen molar-refractivity contribution in [2.24, 2.45) is 5.92 Å². The van der Waals surface area contributed by atoms with Crippen LogP contribution >= 0.6 is 0 Å². The van der Waals surface area contributed by atoms with E-state index in [0.717, 1.165) is 31.2 Å². The molecule has 2 fully saturated rings. The lowest BCUT2D eigenvalue weighted by molar-refractivity contribution is -0.126. The highest BCUT2D eigenvalue weighted by Gasteiger charge is 2.49. The van der Waals surface area contributed by atoms with Gasteiger partial charge in [0.15, 0.2) is 11.5 Å². The molecule has 3 atom stereocenters. The molecule has 1 N–H and O–H groups in total. The van der Waals surface area contributed by atoms with Crippen molar-refractivity contribution in [3.8, 4) is 17.2 Å². The summed E-state index contributed by atoms with van der Waals surface area (Å²) in [7, 11) is 4.80. The van der Waals surface area contributed by atoms with Gasteiger partial charge in [0.2, 0.25) is 5.75 Å². The molecule has 1 saturated carbocycles. The molecule has 0 radical (unpaired) electrons. The first-order valence-electron chi connectivity index (χ1n) is 11.0. The van der Waals surface area contributed by atoms with E-state index in [1.165, 1.54) is 6.07 Å². The van der Waals surface area contributed by atoms with Crippen LogP contribution in [0.5, 0.6) is 17.2 Å². The molecule has 0 amide bonds. The van der Waals surface area contributed by atoms with Crippen molar-refractivity contribution in [2.75, 3.05) is 27.9 Å². The number of piperidine rings is 1. The molecule has 31 heavy (non-hydrogen) atoms. The number of benzene rings is 2. The number of nitrogens with zero attached hydrogens (tertiary/aromatic N) is 1. The molecule has 0 bridgehead atoms. The van der Waals surface area contributed by atoms with E-state index in [4.69, 9.17) is 14.2 Å². The normalized spacial score (nSPS) is 26.2. The number of likely N-dealkylation sites (tertiary alicyclic amines) is 1. The molecule has 0 aromatic heterocycles. The predicted molar refractivity (Wildman–Crippen MR) is 117 cm³/mol. The number of hydrogen-bond donors (Lipinski definition) is 1. The highest BCUT2D eigenvalue weighted by atomic mass is 19.1. The Labute approximate surface area is 183 Å². The third-order valence-corrected chi connectivity index (χ3v) is 7.03. The van der Waals surface area contributed by atoms with Gasteiger partial charge in [0, 0.05) is 30.6 Å². The number of hydrogen-bond acceptors (Lipinski definition) is 5. The summed E-state index contributed by atoms with van der Waals surface area (Å²) >= 11 is 0. The smallest absolute Gasteiger partial charge is 0.203 e. The second-order valence-corrected chi connectivity index (χ2v) is 8.67. The summed E-state index contributed by atoms with van der Waals surface area (Å²) in [5.41, 5.74) is 0.965. The Morgan fingerprint density at radius 1 is 1.03 bits per heavy atom. The van der Waals surface area contributed by atoms with Crippen molar-refractivity contribution in [3.63, 3.8) is 0 Å². The fourth-order valence-corrected chi connectivity index (χ4v) is 5.48. The summed E-state index contributed by atoms with van der Waals surface area (Å²) < 4.78 is 31.2. The molecule has 4 rings (SSSR count). The minimum Gasteiger partial charge on any atom is -0.493 e. The van der Waals surface area contributed by atoms with Crippen LogP contribution < -0.4 is 14.2 Å². The lowest BCUT2D eigenvalue weighted by Gasteiger charge is -2.53. The molecule has 2 aromatic carbocycles. The lowest BCUT2D eigenvalue weighted by atomic mass is 9.66. The number of ether oxygens (including phenoxy) is 3. The summed E-state index contributed by atoms with van der Waals surface area (Å²) in [6.07, 6.45) is 4.58. The van der Waals surface area contributed by atoms with E-state index in [1.807, 2.05) is 24.3 Å². The average Bonchev–Trinajstić information content (AvgIpc) is 2.79. The number of fused-ring (bicyclic) bond motifs is 1. The summed E-state index contributed by atoms with van der Waals surface area (Å²) in [4.78, 5) is 2.30. The van der Waals surface area contributed by atoms with E-state index < -0.39 is 5.60 Å². The molecule has 0 spiro atoms. The molecule has 1 saturated heterocycles. The van der Waals surface area contributed by atoms with Crippen LogP contribution in [0, 0.1) is 11.7 Å². The van der Waals surface area contributed by atoms with Crippen LogP contribution in [-0.2, 0) is 6.54 Å². The Morgan fingerprint density at radius 3 is 2.39 bits per heavy atom. The van der Waals surface area contributed by atoms with E-state index in [2.05, 4.69) is 4.90 Å². The van der Waals surface area contributed by atoms with Crippen LogP contribution in [0.1, 0.15) is 49.3 Å². The Bertz CT molecular complexity index is 895. The first kappa shape index (κ1) is 21.9. The van der Waals surface area contributed by atoms with Crippen LogP contribution in [-0.4, -0.2) is 43.5 Å². The molecule has 168 valence electrons. The molecule has 2 aromatic rings. The fraction of sp³-hybridized carbons (Fsp3) is 0.520. The maximum atomic E-state index is 14.5. The number of rotatable bonds is 6. The Kier molecular flexibility index (Phi) is 6.39. The van der Waals surface area contributed by atoms with Gasteiger partial charge in [-0.25, -0.2) is 4.39 Å². The third kappa shape index (κ3) is 4.11. The van der Waals surface area contributed by atoms with E-state index in [9.17, 15) is 9.50 Å². The number of halogens is 1. The van der Waals surface area contributed by atoms with E-state index in [1.54, 1.807) is 27.4 Å². The van der Waals surface area contributed by atoms with Crippen molar-refractivity contribution in [1.29, 1.82) is 0 Å². The van der Waals surface area contributed by atoms with Gasteiger partial charge in [-0.15, -0.1) is 0 Å². The molecular weight excluding hydrogens is 397 g/mol. The van der Waals surface area contributed by atoms with Crippen molar-refractivity contribution in [3.05, 3.63) is 53.3 Å². The van der Waals surface area contributed by atoms with Crippen molar-refractivity contribution in [1.82, 2.24) is 4.90 Å². The van der Waals surface area contributed by atoms with Crippen molar-refractivity contribution >= 4 is 0 Å². The standard InChI is InChI=1S/C25H32FNO4/c1-29-21-14-18(15-22(30-2)24(21)31-3)23-19-9-6-7-11-25(19,28)12-13-27(23)16-17-8-4-5-10-20(17)26/h4-5,8,10,14-15,19,23,28H,6-7,9,11-13,16H2,1-3H3/t19-,23-,25-/m1/s1. The quantitative estimate of drug-likeness (QED) is 0.720. The van der Waals surface area contributed by atoms with Gasteiger partial charge in [0.05, 0.1) is 26.9 Å². The van der Waals surface area contributed by atoms with E-state index in [-0.39, 0.29) is 17.8 Å². The average molecular weight is 430 g/mol. The first-order valence-corrected chi connectivity index (χ1v) is 11.0. The van der Waals surface area contributed by atoms with Gasteiger partial charge in [0.25, 0.3) is 0 Å². The Hall–Kier alpha value is -2.31. The van der Waals surface area contributed by atoms with Crippen molar-refractivity contribution in [2.45, 2.75) is 50.3 Å². The molecule has 1 aliphatic carbocycles. The third-order valence-electron chi connectivity index (χ3n) is 7.03. The zero-order chi connectivity index (χ0) is 22.0. The van der Waals surface area contributed by atoms with E-state index >= 15 is 0 Å². The van der Waals surface area contributed by atoms with Gasteiger partial charge in [-0.2, -0.15) is 0 Å². The first-order chi connectivity index (χ1) is 15.0. The summed E-state index contributed by atoms with van der Waals surface area (Å²) in [5, 5.41) is 11.5. The minimum atomic E-state index is -0.699. The SMILES string of the molecule is COc1cc([C@@H]2[C@H]3CCCC[C@@]3(O)CCN2Cc2ccccc2F)cc(OC)c1OC. The minimum absolute atomic E-state index is 0.0598. The number of methoxy groups -OCH3 is 3. The highest BCUT2D eigenvalue weighted by Crippen LogP contribution is 2.51. The summed E-state index contributed by atoms with van der Waals surface area (Å²) in [6.45, 7) is 1.18. The largest absolute Gasteiger partial charge is 0.493 e. The molecule has 5 nitrogen and oxygen atoms in total. The molecule has 1 heterocycles. The van der Waals surface area contributed by atoms with E-state index in [0.29, 0.717) is 42.3 Å². The Balaban J connectivity index is 1.79. The highest BCUT2D eigenvalue weighted by molar-refractivity contribution is 5.54. The second kappa shape index (κ2) is 9.05. The monoisotopic (exact) mass is 429 g/mol. The second-order valence-electron chi connectivity index (χ2n) is 8.67. The van der Waals surface area contributed by atoms with Crippen LogP contribution in [0.2, 0.25) is 0 Å². The van der Waals surface area contributed by atoms with Gasteiger partial charge in [-0.1, -0.05) is 31.0 Å². The van der Waals surface area contributed by atoms with Crippen molar-refractivity contribution < 1.29 is 23.7 Å². The number of aliphatic hydroxyl groups is 1. The molecule has 0 unspecified atom stereocenters. The van der Waals surface area contributed by atoms with Gasteiger partial charge in [-0.05, 0) is 43.0 Å². The van der Waals surface area contributed by atoms with Gasteiger partial charge in [0.1, 0.15) is 5.82 Å². The summed E-state index contributed by atoms with van der Waals surface area (Å²) in [6, 6.07) is 10.8. The summed E-state index contributed by atoms with van der Waals surface area (Å²) in [5.74, 6) is 1.59. The maximum absolute atomic E-state index is 14.5. The van der Waals surface area contributed by atoms with Crippen LogP contribution in [0.3, 0.4) is 0 Å². The van der Waals surface area contributed by atoms with Gasteiger partial charge >= 0.3 is 0 Å². The van der Waals surface area contributed by atoms with Gasteiger partial charge in [-0.3, -0.25) is 4.90 Å². The topological polar surface area (TPSA) is 51.2 Å². The van der Waals surface area contributed by atoms with Crippen LogP contribution in [0.4, 0.5) is 4.39 Å².